The Morgan fingerprint density at radius 3 is 2.31 bits per heavy atom. The van der Waals surface area contributed by atoms with Crippen LogP contribution in [0.1, 0.15) is 29.7 Å². The quantitative estimate of drug-likeness (QED) is 0.173. The van der Waals surface area contributed by atoms with Crippen molar-refractivity contribution in [1.29, 1.82) is 0 Å². The lowest BCUT2D eigenvalue weighted by Crippen LogP contribution is -2.34. The van der Waals surface area contributed by atoms with E-state index in [0.717, 1.165) is 48.6 Å². The highest BCUT2D eigenvalue weighted by Crippen LogP contribution is 2.33. The number of aryl methyl sites for hydroxylation is 1. The lowest BCUT2D eigenvalue weighted by Gasteiger charge is -2.31. The van der Waals surface area contributed by atoms with Crippen LogP contribution in [-0.2, 0) is 19.6 Å². The molecule has 0 radical (unpaired) electrons. The average Bonchev–Trinajstić information content (AvgIpc) is 3.58. The molecule has 0 unspecified atom stereocenters. The first-order valence-electron chi connectivity index (χ1n) is 16.0. The summed E-state index contributed by atoms with van der Waals surface area (Å²) < 4.78 is 14.0. The summed E-state index contributed by atoms with van der Waals surface area (Å²) in [6.45, 7) is 2.28. The lowest BCUT2D eigenvalue weighted by molar-refractivity contribution is 0.371. The van der Waals surface area contributed by atoms with Crippen LogP contribution in [0.25, 0.3) is 22.3 Å². The normalized spacial score (nSPS) is 12.5. The summed E-state index contributed by atoms with van der Waals surface area (Å²) in [6.07, 6.45) is 3.56. The number of nitrogens with zero attached hydrogens (tertiary/aromatic N) is 7. The first-order valence-corrected chi connectivity index (χ1v) is 16.0. The molecule has 4 aromatic carbocycles. The predicted molar refractivity (Wildman–Crippen MR) is 186 cm³/mol. The minimum atomic E-state index is -0.200. The van der Waals surface area contributed by atoms with E-state index in [1.807, 2.05) is 48.7 Å². The molecule has 0 fully saturated rings. The highest BCUT2D eigenvalue weighted by atomic mass is 16.5. The minimum Gasteiger partial charge on any atom is -0.504 e. The van der Waals surface area contributed by atoms with Crippen molar-refractivity contribution < 1.29 is 19.7 Å². The second kappa shape index (κ2) is 13.5. The Hall–Kier alpha value is -6.17. The molecule has 7 rings (SSSR count). The van der Waals surface area contributed by atoms with Crippen molar-refractivity contribution in [3.05, 3.63) is 118 Å². The number of unbranched alkanes of at least 4 members (excludes halogenated alkanes) is 1. The summed E-state index contributed by atoms with van der Waals surface area (Å²) in [5.74, 6) is 2.03. The molecule has 0 amide bonds. The van der Waals surface area contributed by atoms with Gasteiger partial charge in [0.2, 0.25) is 0 Å². The number of aromatic nitrogens is 5. The molecule has 2 aromatic heterocycles. The van der Waals surface area contributed by atoms with Gasteiger partial charge in [-0.25, -0.2) is 9.98 Å². The van der Waals surface area contributed by atoms with E-state index in [0.29, 0.717) is 40.3 Å². The fourth-order valence-electron chi connectivity index (χ4n) is 6.08. The van der Waals surface area contributed by atoms with Crippen LogP contribution in [0.5, 0.6) is 23.0 Å². The Bertz CT molecular complexity index is 2240. The predicted octanol–water partition coefficient (Wildman–Crippen LogP) is 5.51. The highest BCUT2D eigenvalue weighted by Gasteiger charge is 2.22. The van der Waals surface area contributed by atoms with Gasteiger partial charge in [-0.1, -0.05) is 35.5 Å². The number of rotatable bonds is 11. The topological polar surface area (TPSA) is 140 Å². The maximum absolute atomic E-state index is 13.7. The van der Waals surface area contributed by atoms with E-state index >= 15 is 0 Å². The van der Waals surface area contributed by atoms with E-state index < -0.39 is 0 Å². The highest BCUT2D eigenvalue weighted by molar-refractivity contribution is 6.02. The number of hydrogen-bond donors (Lipinski definition) is 2. The molecule has 12 nitrogen and oxygen atoms in total. The van der Waals surface area contributed by atoms with Crippen LogP contribution in [-0.4, -0.2) is 66.3 Å². The number of ether oxygens (including phenoxy) is 2. The maximum Gasteiger partial charge on any atom is 0.262 e. The number of phenolic OH excluding ortho intramolecular Hbond substituents is 2. The van der Waals surface area contributed by atoms with E-state index in [2.05, 4.69) is 21.3 Å². The molecule has 3 heterocycles. The Morgan fingerprint density at radius 2 is 1.51 bits per heavy atom. The van der Waals surface area contributed by atoms with E-state index in [1.165, 1.54) is 20.3 Å². The number of amidine groups is 1. The van der Waals surface area contributed by atoms with Crippen molar-refractivity contribution in [3.8, 4) is 34.4 Å². The van der Waals surface area contributed by atoms with Gasteiger partial charge >= 0.3 is 0 Å². The van der Waals surface area contributed by atoms with Crippen LogP contribution in [0.2, 0.25) is 0 Å². The number of phenols is 2. The van der Waals surface area contributed by atoms with Crippen LogP contribution < -0.4 is 15.0 Å². The fraction of sp³-hybridized carbons (Fsp3) is 0.216. The Labute approximate surface area is 282 Å². The smallest absolute Gasteiger partial charge is 0.262 e. The van der Waals surface area contributed by atoms with Crippen molar-refractivity contribution in [2.45, 2.75) is 32.5 Å². The molecule has 0 saturated carbocycles. The largest absolute Gasteiger partial charge is 0.504 e. The van der Waals surface area contributed by atoms with Gasteiger partial charge < -0.3 is 24.6 Å². The number of hydrogen-bond acceptors (Lipinski definition) is 10. The number of para-hydroxylation sites is 2. The molecular formula is C37H35N7O5. The van der Waals surface area contributed by atoms with Crippen molar-refractivity contribution in [3.63, 3.8) is 0 Å². The van der Waals surface area contributed by atoms with Gasteiger partial charge in [0, 0.05) is 30.8 Å². The summed E-state index contributed by atoms with van der Waals surface area (Å²) in [5.41, 5.74) is 4.58. The minimum absolute atomic E-state index is 0.00178. The van der Waals surface area contributed by atoms with Crippen molar-refractivity contribution in [1.82, 2.24) is 29.4 Å². The number of aromatic hydroxyl groups is 2. The first-order chi connectivity index (χ1) is 23.9. The zero-order valence-corrected chi connectivity index (χ0v) is 27.2. The molecule has 49 heavy (non-hydrogen) atoms. The zero-order chi connectivity index (χ0) is 33.9. The molecule has 2 N–H and O–H groups in total. The molecule has 0 bridgehead atoms. The third-order valence-corrected chi connectivity index (χ3v) is 8.59. The second-order valence-electron chi connectivity index (χ2n) is 11.8. The summed E-state index contributed by atoms with van der Waals surface area (Å²) in [6, 6.07) is 25.5. The van der Waals surface area contributed by atoms with Crippen LogP contribution in [0, 0.1) is 0 Å². The summed E-state index contributed by atoms with van der Waals surface area (Å²) in [5, 5.41) is 29.5. The van der Waals surface area contributed by atoms with Gasteiger partial charge in [-0.3, -0.25) is 14.0 Å². The standard InChI is InChI=1S/C37H35N7O5/c1-48-33-19-24(13-15-31(33)45)35-38-29-11-5-3-9-26(29)21-42(35)17-7-8-18-43-22-27(40-41-43)23-44-36(25-14-16-32(46)34(20-25)49-2)39-30-12-6-4-10-28(30)37(44)47/h3-6,9-16,19-20,22,45-46H,7-8,17-18,21,23H2,1-2H3. The number of fused-ring (bicyclic) bond motifs is 2. The van der Waals surface area contributed by atoms with Crippen molar-refractivity contribution in [2.75, 3.05) is 20.8 Å². The van der Waals surface area contributed by atoms with E-state index in [9.17, 15) is 15.0 Å². The molecular weight excluding hydrogens is 622 g/mol. The number of methoxy groups -OCH3 is 2. The number of aliphatic imine (C=N–C) groups is 1. The van der Waals surface area contributed by atoms with E-state index in [4.69, 9.17) is 19.5 Å². The van der Waals surface area contributed by atoms with Gasteiger partial charge in [-0.15, -0.1) is 5.10 Å². The Kier molecular flexibility index (Phi) is 8.67. The molecule has 248 valence electrons. The average molecular weight is 658 g/mol. The summed E-state index contributed by atoms with van der Waals surface area (Å²) >= 11 is 0. The van der Waals surface area contributed by atoms with Gasteiger partial charge in [0.05, 0.1) is 43.6 Å². The monoisotopic (exact) mass is 657 g/mol. The third kappa shape index (κ3) is 6.40. The molecule has 12 heteroatoms. The Morgan fingerprint density at radius 1 is 0.816 bits per heavy atom. The van der Waals surface area contributed by atoms with Crippen molar-refractivity contribution in [2.24, 2.45) is 4.99 Å². The van der Waals surface area contributed by atoms with Crippen LogP contribution >= 0.6 is 0 Å². The molecule has 0 aliphatic carbocycles. The van der Waals surface area contributed by atoms with Gasteiger partial charge in [0.15, 0.2) is 23.0 Å². The second-order valence-corrected chi connectivity index (χ2v) is 11.8. The van der Waals surface area contributed by atoms with Gasteiger partial charge in [0.25, 0.3) is 5.56 Å². The summed E-state index contributed by atoms with van der Waals surface area (Å²) in [7, 11) is 3.01. The summed E-state index contributed by atoms with van der Waals surface area (Å²) in [4.78, 5) is 25.8. The molecule has 1 aliphatic heterocycles. The molecule has 0 saturated heterocycles. The zero-order valence-electron chi connectivity index (χ0n) is 27.2. The molecule has 1 aliphatic rings. The molecule has 0 spiro atoms. The molecule has 6 aromatic rings. The van der Waals surface area contributed by atoms with Crippen LogP contribution in [0.4, 0.5) is 5.69 Å². The van der Waals surface area contributed by atoms with Crippen molar-refractivity contribution >= 4 is 22.4 Å². The third-order valence-electron chi connectivity index (χ3n) is 8.59. The maximum atomic E-state index is 13.7. The van der Waals surface area contributed by atoms with E-state index in [1.54, 1.807) is 39.6 Å². The Balaban J connectivity index is 1.07. The van der Waals surface area contributed by atoms with Gasteiger partial charge in [-0.05, 0) is 73.0 Å². The van der Waals surface area contributed by atoms with Crippen LogP contribution in [0.3, 0.4) is 0 Å². The number of benzene rings is 4. The van der Waals surface area contributed by atoms with Crippen LogP contribution in [0.15, 0.2) is 101 Å². The van der Waals surface area contributed by atoms with E-state index in [-0.39, 0.29) is 29.4 Å². The first kappa shape index (κ1) is 31.4. The fourth-order valence-corrected chi connectivity index (χ4v) is 6.08. The lowest BCUT2D eigenvalue weighted by atomic mass is 10.1. The van der Waals surface area contributed by atoms with Gasteiger partial charge in [-0.2, -0.15) is 0 Å². The molecule has 0 atom stereocenters. The van der Waals surface area contributed by atoms with Gasteiger partial charge in [0.1, 0.15) is 17.4 Å². The SMILES string of the molecule is COc1cc(C2=Nc3ccccc3CN2CCCCn2cc(Cn3c(-c4ccc(O)c(OC)c4)nc4ccccc4c3=O)nn2)ccc1O.